The number of ether oxygens (including phenoxy) is 1. The van der Waals surface area contributed by atoms with Crippen LogP contribution in [0.2, 0.25) is 0 Å². The maximum absolute atomic E-state index is 13.4. The van der Waals surface area contributed by atoms with E-state index < -0.39 is 17.7 Å². The van der Waals surface area contributed by atoms with Crippen LogP contribution in [0.25, 0.3) is 0 Å². The van der Waals surface area contributed by atoms with E-state index >= 15 is 0 Å². The third kappa shape index (κ3) is 3.60. The van der Waals surface area contributed by atoms with Crippen molar-refractivity contribution in [2.75, 3.05) is 6.61 Å². The third-order valence-corrected chi connectivity index (χ3v) is 2.68. The molecule has 0 bridgehead atoms. The van der Waals surface area contributed by atoms with Gasteiger partial charge in [0.25, 0.3) is 0 Å². The summed E-state index contributed by atoms with van der Waals surface area (Å²) in [4.78, 5) is 12.0. The van der Waals surface area contributed by atoms with Gasteiger partial charge in [-0.1, -0.05) is 19.9 Å². The number of Topliss-reactive ketones (excluding diaryl/α,β-unsaturated/α-hetero) is 1. The van der Waals surface area contributed by atoms with E-state index in [0.717, 1.165) is 12.1 Å². The van der Waals surface area contributed by atoms with Crippen molar-refractivity contribution in [3.05, 3.63) is 35.4 Å². The summed E-state index contributed by atoms with van der Waals surface area (Å²) in [5.41, 5.74) is -0.187. The zero-order valence-electron chi connectivity index (χ0n) is 10.9. The van der Waals surface area contributed by atoms with Crippen LogP contribution in [0.3, 0.4) is 0 Å². The number of benzene rings is 1. The van der Waals surface area contributed by atoms with Crippen LogP contribution in [0.5, 0.6) is 0 Å². The van der Waals surface area contributed by atoms with E-state index in [4.69, 9.17) is 4.74 Å². The van der Waals surface area contributed by atoms with Crippen LogP contribution in [0, 0.1) is 17.6 Å². The predicted octanol–water partition coefficient (Wildman–Crippen LogP) is 3.14. The van der Waals surface area contributed by atoms with Crippen LogP contribution in [-0.2, 0) is 16.0 Å². The van der Waals surface area contributed by atoms with Crippen molar-refractivity contribution in [3.8, 4) is 0 Å². The Morgan fingerprint density at radius 2 is 1.83 bits per heavy atom. The summed E-state index contributed by atoms with van der Waals surface area (Å²) in [6, 6.07) is 3.58. The lowest BCUT2D eigenvalue weighted by Gasteiger charge is -2.19. The van der Waals surface area contributed by atoms with Gasteiger partial charge in [-0.25, -0.2) is 8.78 Å². The summed E-state index contributed by atoms with van der Waals surface area (Å²) < 4.78 is 32.2. The van der Waals surface area contributed by atoms with Gasteiger partial charge in [0.15, 0.2) is 5.78 Å². The van der Waals surface area contributed by atoms with Crippen molar-refractivity contribution in [2.24, 2.45) is 5.92 Å². The molecule has 4 heteroatoms. The lowest BCUT2D eigenvalue weighted by atomic mass is 9.97. The maximum atomic E-state index is 13.4. The zero-order chi connectivity index (χ0) is 13.7. The molecule has 1 atom stereocenters. The Labute approximate surface area is 106 Å². The van der Waals surface area contributed by atoms with Crippen molar-refractivity contribution in [2.45, 2.75) is 33.3 Å². The van der Waals surface area contributed by atoms with Crippen molar-refractivity contribution in [1.82, 2.24) is 0 Å². The van der Waals surface area contributed by atoms with Crippen LogP contribution in [0.1, 0.15) is 26.3 Å². The number of rotatable bonds is 6. The Hall–Kier alpha value is -1.29. The van der Waals surface area contributed by atoms with Crippen LogP contribution in [0.15, 0.2) is 18.2 Å². The second kappa shape index (κ2) is 6.59. The van der Waals surface area contributed by atoms with Crippen LogP contribution < -0.4 is 0 Å². The molecule has 1 aromatic carbocycles. The van der Waals surface area contributed by atoms with Gasteiger partial charge in [0, 0.05) is 18.6 Å². The van der Waals surface area contributed by atoms with Crippen LogP contribution in [0.4, 0.5) is 8.78 Å². The van der Waals surface area contributed by atoms with Crippen molar-refractivity contribution in [3.63, 3.8) is 0 Å². The Bertz CT molecular complexity index is 396. The Morgan fingerprint density at radius 1 is 1.28 bits per heavy atom. The highest BCUT2D eigenvalue weighted by atomic mass is 19.1. The minimum Gasteiger partial charge on any atom is -0.370 e. The highest BCUT2D eigenvalue weighted by molar-refractivity contribution is 5.85. The fourth-order valence-electron chi connectivity index (χ4n) is 1.81. The molecule has 0 radical (unpaired) electrons. The first-order valence-corrected chi connectivity index (χ1v) is 6.04. The Kier molecular flexibility index (Phi) is 5.41. The first kappa shape index (κ1) is 14.8. The normalized spacial score (nSPS) is 12.8. The number of hydrogen-bond donors (Lipinski definition) is 0. The summed E-state index contributed by atoms with van der Waals surface area (Å²) in [6.07, 6.45) is -0.893. The number of hydrogen-bond acceptors (Lipinski definition) is 2. The van der Waals surface area contributed by atoms with E-state index in [1.54, 1.807) is 6.92 Å². The maximum Gasteiger partial charge on any atom is 0.166 e. The van der Waals surface area contributed by atoms with E-state index in [-0.39, 0.29) is 23.7 Å². The van der Waals surface area contributed by atoms with Gasteiger partial charge >= 0.3 is 0 Å². The molecule has 1 rings (SSSR count). The summed E-state index contributed by atoms with van der Waals surface area (Å²) in [5, 5.41) is 0. The van der Waals surface area contributed by atoms with E-state index in [9.17, 15) is 13.6 Å². The SMILES string of the molecule is CCOC(C(=O)Cc1c(F)cccc1F)C(C)C. The van der Waals surface area contributed by atoms with E-state index in [2.05, 4.69) is 0 Å². The minimum absolute atomic E-state index is 0.0210. The highest BCUT2D eigenvalue weighted by Crippen LogP contribution is 2.16. The molecule has 0 aliphatic carbocycles. The fourth-order valence-corrected chi connectivity index (χ4v) is 1.81. The molecule has 0 aliphatic heterocycles. The average molecular weight is 256 g/mol. The second-order valence-electron chi connectivity index (χ2n) is 4.46. The first-order valence-electron chi connectivity index (χ1n) is 6.04. The number of carbonyl (C=O) groups excluding carboxylic acids is 1. The van der Waals surface area contributed by atoms with E-state index in [1.807, 2.05) is 13.8 Å². The molecule has 0 aromatic heterocycles. The molecular weight excluding hydrogens is 238 g/mol. The van der Waals surface area contributed by atoms with Crippen LogP contribution in [-0.4, -0.2) is 18.5 Å². The molecule has 0 heterocycles. The quantitative estimate of drug-likeness (QED) is 0.781. The molecule has 100 valence electrons. The van der Waals surface area contributed by atoms with Gasteiger partial charge in [0.2, 0.25) is 0 Å². The Morgan fingerprint density at radius 3 is 2.28 bits per heavy atom. The van der Waals surface area contributed by atoms with Gasteiger partial charge in [0.1, 0.15) is 17.7 Å². The molecule has 0 N–H and O–H groups in total. The van der Waals surface area contributed by atoms with Crippen LogP contribution >= 0.6 is 0 Å². The standard InChI is InChI=1S/C14H18F2O2/c1-4-18-14(9(2)3)13(17)8-10-11(15)6-5-7-12(10)16/h5-7,9,14H,4,8H2,1-3H3. The van der Waals surface area contributed by atoms with E-state index in [0.29, 0.717) is 6.61 Å². The van der Waals surface area contributed by atoms with Gasteiger partial charge < -0.3 is 4.74 Å². The second-order valence-corrected chi connectivity index (χ2v) is 4.46. The molecule has 18 heavy (non-hydrogen) atoms. The first-order chi connectivity index (χ1) is 8.47. The lowest BCUT2D eigenvalue weighted by Crippen LogP contribution is -2.31. The largest absolute Gasteiger partial charge is 0.370 e. The molecule has 0 saturated carbocycles. The molecule has 0 fully saturated rings. The molecule has 1 unspecified atom stereocenters. The smallest absolute Gasteiger partial charge is 0.166 e. The fraction of sp³-hybridized carbons (Fsp3) is 0.500. The van der Waals surface area contributed by atoms with Crippen molar-refractivity contribution in [1.29, 1.82) is 0 Å². The molecule has 1 aromatic rings. The third-order valence-electron chi connectivity index (χ3n) is 2.68. The lowest BCUT2D eigenvalue weighted by molar-refractivity contribution is -0.132. The van der Waals surface area contributed by atoms with Crippen molar-refractivity contribution < 1.29 is 18.3 Å². The van der Waals surface area contributed by atoms with E-state index in [1.165, 1.54) is 6.07 Å². The van der Waals surface area contributed by atoms with Gasteiger partial charge in [0.05, 0.1) is 0 Å². The highest BCUT2D eigenvalue weighted by Gasteiger charge is 2.24. The zero-order valence-corrected chi connectivity index (χ0v) is 10.9. The molecule has 0 amide bonds. The summed E-state index contributed by atoms with van der Waals surface area (Å²) in [5.74, 6) is -1.70. The molecule has 2 nitrogen and oxygen atoms in total. The molecular formula is C14H18F2O2. The van der Waals surface area contributed by atoms with Gasteiger partial charge in [-0.2, -0.15) is 0 Å². The summed E-state index contributed by atoms with van der Waals surface area (Å²) in [7, 11) is 0. The van der Waals surface area contributed by atoms with Gasteiger partial charge in [-0.15, -0.1) is 0 Å². The minimum atomic E-state index is -0.692. The van der Waals surface area contributed by atoms with Crippen molar-refractivity contribution >= 4 is 5.78 Å². The number of carbonyl (C=O) groups is 1. The molecule has 0 aliphatic rings. The van der Waals surface area contributed by atoms with Gasteiger partial charge in [-0.3, -0.25) is 4.79 Å². The summed E-state index contributed by atoms with van der Waals surface area (Å²) in [6.45, 7) is 5.87. The number of ketones is 1. The topological polar surface area (TPSA) is 26.3 Å². The molecule has 0 saturated heterocycles. The Balaban J connectivity index is 2.86. The number of halogens is 2. The van der Waals surface area contributed by atoms with Gasteiger partial charge in [-0.05, 0) is 25.0 Å². The monoisotopic (exact) mass is 256 g/mol. The average Bonchev–Trinajstić information content (AvgIpc) is 2.30. The predicted molar refractivity (Wildman–Crippen MR) is 65.3 cm³/mol. The summed E-state index contributed by atoms with van der Waals surface area (Å²) >= 11 is 0. The molecule has 0 spiro atoms.